The summed E-state index contributed by atoms with van der Waals surface area (Å²) in [5.74, 6) is -1.19. The zero-order valence-electron chi connectivity index (χ0n) is 14.5. The summed E-state index contributed by atoms with van der Waals surface area (Å²) in [7, 11) is 0. The Kier molecular flexibility index (Phi) is 6.33. The minimum atomic E-state index is -0.974. The van der Waals surface area contributed by atoms with Crippen molar-refractivity contribution in [2.45, 2.75) is 31.8 Å². The Bertz CT molecular complexity index is 812. The fourth-order valence-corrected chi connectivity index (χ4v) is 2.63. The van der Waals surface area contributed by atoms with Crippen molar-refractivity contribution in [2.75, 3.05) is 0 Å². The molecule has 0 amide bonds. The molecule has 0 saturated heterocycles. The van der Waals surface area contributed by atoms with Crippen LogP contribution in [0.3, 0.4) is 0 Å². The van der Waals surface area contributed by atoms with E-state index in [9.17, 15) is 4.79 Å². The van der Waals surface area contributed by atoms with E-state index in [1.54, 1.807) is 0 Å². The topological polar surface area (TPSA) is 105 Å². The van der Waals surface area contributed by atoms with Gasteiger partial charge in [0.05, 0.1) is 0 Å². The second-order valence-corrected chi connectivity index (χ2v) is 6.14. The quantitative estimate of drug-likeness (QED) is 0.584. The van der Waals surface area contributed by atoms with E-state index in [1.165, 1.54) is 5.56 Å². The molecule has 0 bridgehead atoms. The van der Waals surface area contributed by atoms with Crippen molar-refractivity contribution in [3.8, 4) is 0 Å². The highest BCUT2D eigenvalue weighted by Crippen LogP contribution is 2.26. The molecule has 1 aromatic heterocycles. The van der Waals surface area contributed by atoms with E-state index in [-0.39, 0.29) is 12.0 Å². The lowest BCUT2D eigenvalue weighted by molar-refractivity contribution is -0.138. The van der Waals surface area contributed by atoms with E-state index in [0.717, 1.165) is 16.5 Å². The smallest absolute Gasteiger partial charge is 0.321 e. The summed E-state index contributed by atoms with van der Waals surface area (Å²) >= 11 is 0. The molecule has 132 valence electrons. The number of rotatable bonds is 4. The summed E-state index contributed by atoms with van der Waals surface area (Å²) in [4.78, 5) is 14.0. The summed E-state index contributed by atoms with van der Waals surface area (Å²) in [6.45, 7) is 3.81. The molecule has 2 unspecified atom stereocenters. The van der Waals surface area contributed by atoms with Gasteiger partial charge >= 0.3 is 5.97 Å². The van der Waals surface area contributed by atoms with E-state index >= 15 is 0 Å². The monoisotopic (exact) mass is 339 g/mol. The Morgan fingerprint density at radius 2 is 1.60 bits per heavy atom. The van der Waals surface area contributed by atoms with Crippen LogP contribution in [0, 0.1) is 0 Å². The van der Waals surface area contributed by atoms with Crippen LogP contribution in [0.1, 0.15) is 36.9 Å². The first-order valence-corrected chi connectivity index (χ1v) is 8.26. The lowest BCUT2D eigenvalue weighted by Gasteiger charge is -2.15. The van der Waals surface area contributed by atoms with Crippen LogP contribution in [0.2, 0.25) is 0 Å². The third-order valence-corrected chi connectivity index (χ3v) is 4.26. The molecule has 5 heteroatoms. The Labute approximate surface area is 147 Å². The predicted octanol–water partition coefficient (Wildman–Crippen LogP) is 3.39. The largest absolute Gasteiger partial charge is 0.480 e. The summed E-state index contributed by atoms with van der Waals surface area (Å²) in [6, 6.07) is 17.1. The minimum Gasteiger partial charge on any atom is -0.480 e. The van der Waals surface area contributed by atoms with Gasteiger partial charge in [-0.1, -0.05) is 55.5 Å². The molecule has 3 rings (SSSR count). The highest BCUT2D eigenvalue weighted by atomic mass is 16.4. The molecule has 2 aromatic carbocycles. The molecule has 1 heterocycles. The number of aliphatic carboxylic acids is 1. The van der Waals surface area contributed by atoms with Crippen LogP contribution in [-0.2, 0) is 4.79 Å². The number of carboxylic acid groups (broad SMARTS) is 1. The Morgan fingerprint density at radius 3 is 2.16 bits per heavy atom. The molecule has 0 saturated carbocycles. The number of para-hydroxylation sites is 1. The van der Waals surface area contributed by atoms with Crippen molar-refractivity contribution in [1.29, 1.82) is 0 Å². The molecule has 0 spiro atoms. The van der Waals surface area contributed by atoms with Gasteiger partial charge in [0.15, 0.2) is 0 Å². The van der Waals surface area contributed by atoms with Crippen molar-refractivity contribution < 1.29 is 9.90 Å². The van der Waals surface area contributed by atoms with Gasteiger partial charge in [0, 0.05) is 29.1 Å². The SMILES string of the molecule is CC(c1c[nH]c2ccccc12)C(N)C(=O)O.C[C@@H](N)c1ccccc1. The third kappa shape index (κ3) is 4.68. The number of carboxylic acids is 1. The Hall–Kier alpha value is -2.63. The van der Waals surface area contributed by atoms with Crippen LogP contribution in [0.25, 0.3) is 10.9 Å². The number of H-pyrrole nitrogens is 1. The normalized spacial score (nSPS) is 14.2. The molecule has 3 atom stereocenters. The van der Waals surface area contributed by atoms with Gasteiger partial charge < -0.3 is 21.6 Å². The summed E-state index contributed by atoms with van der Waals surface area (Å²) in [5.41, 5.74) is 14.4. The van der Waals surface area contributed by atoms with E-state index in [4.69, 9.17) is 16.6 Å². The number of nitrogens with one attached hydrogen (secondary N) is 1. The zero-order chi connectivity index (χ0) is 18.4. The van der Waals surface area contributed by atoms with Crippen LogP contribution in [0.15, 0.2) is 60.8 Å². The molecule has 25 heavy (non-hydrogen) atoms. The molecule has 0 aliphatic rings. The summed E-state index contributed by atoms with van der Waals surface area (Å²) in [5, 5.41) is 9.92. The van der Waals surface area contributed by atoms with E-state index < -0.39 is 12.0 Å². The number of hydrogen-bond donors (Lipinski definition) is 4. The van der Waals surface area contributed by atoms with E-state index in [0.29, 0.717) is 0 Å². The maximum atomic E-state index is 10.8. The number of nitrogens with two attached hydrogens (primary N) is 2. The minimum absolute atomic E-state index is 0.159. The van der Waals surface area contributed by atoms with E-state index in [2.05, 4.69) is 4.98 Å². The molecular formula is C20H25N3O2. The average Bonchev–Trinajstić information content (AvgIpc) is 3.05. The molecule has 0 aliphatic carbocycles. The predicted molar refractivity (Wildman–Crippen MR) is 101 cm³/mol. The number of benzene rings is 2. The second kappa shape index (κ2) is 8.46. The molecule has 0 radical (unpaired) electrons. The van der Waals surface area contributed by atoms with Crippen LogP contribution in [0.4, 0.5) is 0 Å². The van der Waals surface area contributed by atoms with Gasteiger partial charge in [0.1, 0.15) is 6.04 Å². The maximum absolute atomic E-state index is 10.8. The molecule has 0 fully saturated rings. The zero-order valence-corrected chi connectivity index (χ0v) is 14.5. The second-order valence-electron chi connectivity index (χ2n) is 6.14. The van der Waals surface area contributed by atoms with Gasteiger partial charge in [-0.3, -0.25) is 4.79 Å². The number of aromatic amines is 1. The van der Waals surface area contributed by atoms with E-state index in [1.807, 2.05) is 74.6 Å². The van der Waals surface area contributed by atoms with Crippen molar-refractivity contribution >= 4 is 16.9 Å². The fraction of sp³-hybridized carbons (Fsp3) is 0.250. The lowest BCUT2D eigenvalue weighted by atomic mass is 9.93. The van der Waals surface area contributed by atoms with Gasteiger partial charge in [0.25, 0.3) is 0 Å². The fourth-order valence-electron chi connectivity index (χ4n) is 2.63. The average molecular weight is 339 g/mol. The Balaban J connectivity index is 0.000000212. The van der Waals surface area contributed by atoms with Gasteiger partial charge in [-0.05, 0) is 24.1 Å². The van der Waals surface area contributed by atoms with Crippen LogP contribution < -0.4 is 11.5 Å². The van der Waals surface area contributed by atoms with Crippen molar-refractivity contribution in [2.24, 2.45) is 11.5 Å². The highest BCUT2D eigenvalue weighted by Gasteiger charge is 2.23. The van der Waals surface area contributed by atoms with Gasteiger partial charge in [-0.2, -0.15) is 0 Å². The summed E-state index contributed by atoms with van der Waals surface area (Å²) in [6.07, 6.45) is 1.83. The van der Waals surface area contributed by atoms with Crippen molar-refractivity contribution in [3.05, 3.63) is 71.9 Å². The first-order valence-electron chi connectivity index (χ1n) is 8.26. The number of carbonyl (C=O) groups is 1. The number of fused-ring (bicyclic) bond motifs is 1. The number of aromatic nitrogens is 1. The Morgan fingerprint density at radius 1 is 1.00 bits per heavy atom. The first kappa shape index (κ1) is 18.7. The van der Waals surface area contributed by atoms with Crippen molar-refractivity contribution in [3.63, 3.8) is 0 Å². The first-order chi connectivity index (χ1) is 11.9. The molecule has 0 aliphatic heterocycles. The van der Waals surface area contributed by atoms with Crippen LogP contribution in [-0.4, -0.2) is 22.1 Å². The summed E-state index contributed by atoms with van der Waals surface area (Å²) < 4.78 is 0. The number of hydrogen-bond acceptors (Lipinski definition) is 3. The van der Waals surface area contributed by atoms with Gasteiger partial charge in [-0.25, -0.2) is 0 Å². The van der Waals surface area contributed by atoms with Gasteiger partial charge in [-0.15, -0.1) is 0 Å². The molecule has 6 N–H and O–H groups in total. The van der Waals surface area contributed by atoms with Crippen LogP contribution in [0.5, 0.6) is 0 Å². The van der Waals surface area contributed by atoms with Crippen molar-refractivity contribution in [1.82, 2.24) is 4.98 Å². The highest BCUT2D eigenvalue weighted by molar-refractivity contribution is 5.85. The van der Waals surface area contributed by atoms with Crippen LogP contribution >= 0.6 is 0 Å². The maximum Gasteiger partial charge on any atom is 0.321 e. The molecule has 3 aromatic rings. The molecule has 5 nitrogen and oxygen atoms in total. The molecular weight excluding hydrogens is 314 g/mol. The lowest BCUT2D eigenvalue weighted by Crippen LogP contribution is -2.35. The third-order valence-electron chi connectivity index (χ3n) is 4.26. The van der Waals surface area contributed by atoms with Gasteiger partial charge in [0.2, 0.25) is 0 Å². The standard InChI is InChI=1S/C12H14N2O2.C8H11N/c1-7(11(13)12(15)16)9-6-14-10-5-3-2-4-8(9)10;1-7(9)8-5-3-2-4-6-8/h2-7,11,14H,13H2,1H3,(H,15,16);2-7H,9H2,1H3/t;7-/m.1/s1.